The Hall–Kier alpha value is -0.0206. The summed E-state index contributed by atoms with van der Waals surface area (Å²) in [4.78, 5) is 0. The van der Waals surface area contributed by atoms with Gasteiger partial charge in [0.15, 0.2) is 6.10 Å². The van der Waals surface area contributed by atoms with Gasteiger partial charge in [-0.15, -0.1) is 0 Å². The van der Waals surface area contributed by atoms with Gasteiger partial charge in [0.05, 0.1) is 6.10 Å². The molecule has 0 aliphatic heterocycles. The van der Waals surface area contributed by atoms with Gasteiger partial charge in [-0.25, -0.2) is 0 Å². The van der Waals surface area contributed by atoms with Crippen molar-refractivity contribution >= 4 is 23.4 Å². The maximum atomic E-state index is 12.4. The van der Waals surface area contributed by atoms with Gasteiger partial charge in [-0.3, -0.25) is 0 Å². The summed E-state index contributed by atoms with van der Waals surface area (Å²) < 4.78 is 37.1. The Morgan fingerprint density at radius 1 is 0.957 bits per heavy atom. The number of rotatable bonds is 4. The molecule has 2 unspecified atom stereocenters. The van der Waals surface area contributed by atoms with E-state index in [4.69, 9.17) is 5.11 Å². The van der Waals surface area contributed by atoms with Gasteiger partial charge < -0.3 is 20.3 Å². The minimum Gasteiger partial charge on any atom is -0.423 e. The fourth-order valence-corrected chi connectivity index (χ4v) is 2.35. The van der Waals surface area contributed by atoms with Gasteiger partial charge in [0.2, 0.25) is 0 Å². The summed E-state index contributed by atoms with van der Waals surface area (Å²) >= 11 is 0. The minimum absolute atomic E-state index is 0. The maximum Gasteiger partial charge on any atom is 0.489 e. The number of fused-ring (bicyclic) bond motifs is 1. The van der Waals surface area contributed by atoms with Crippen molar-refractivity contribution in [2.45, 2.75) is 24.8 Å². The summed E-state index contributed by atoms with van der Waals surface area (Å²) in [6.07, 6.45) is -9.87. The summed E-state index contributed by atoms with van der Waals surface area (Å²) in [6, 6.07) is 9.03. The van der Waals surface area contributed by atoms with Crippen LogP contribution in [0.15, 0.2) is 36.4 Å². The number of hydrogen-bond donors (Lipinski definition) is 4. The van der Waals surface area contributed by atoms with Gasteiger partial charge in [-0.1, -0.05) is 36.4 Å². The monoisotopic (exact) mass is 467 g/mol. The van der Waals surface area contributed by atoms with E-state index in [1.54, 1.807) is 12.1 Å². The first kappa shape index (κ1) is 21.0. The molecular weight excluding hydrogens is 452 g/mol. The van der Waals surface area contributed by atoms with Crippen LogP contribution in [0, 0.1) is 49.4 Å². The van der Waals surface area contributed by atoms with E-state index < -0.39 is 31.9 Å². The Morgan fingerprint density at radius 2 is 1.52 bits per heavy atom. The quantitative estimate of drug-likeness (QED) is 0.505. The van der Waals surface area contributed by atoms with E-state index in [-0.39, 0.29) is 60.4 Å². The van der Waals surface area contributed by atoms with Crippen LogP contribution in [0.1, 0.15) is 18.1 Å². The van der Waals surface area contributed by atoms with Crippen LogP contribution in [-0.2, 0) is 0 Å². The van der Waals surface area contributed by atoms with Crippen LogP contribution in [-0.4, -0.2) is 39.7 Å². The Balaban J connectivity index is 0.00000264. The molecule has 0 bridgehead atoms. The summed E-state index contributed by atoms with van der Waals surface area (Å²) in [6.45, 7) is 0. The van der Waals surface area contributed by atoms with E-state index >= 15 is 0 Å². The molecule has 9 heteroatoms. The Labute approximate surface area is 171 Å². The number of alkyl halides is 3. The molecule has 4 nitrogen and oxygen atoms in total. The molecule has 2 atom stereocenters. The molecule has 0 amide bonds. The fourth-order valence-electron chi connectivity index (χ4n) is 2.35. The first-order chi connectivity index (χ1) is 10.2. The number of aliphatic hydroxyl groups is 2. The van der Waals surface area contributed by atoms with Crippen molar-refractivity contribution in [3.8, 4) is 0 Å². The zero-order chi connectivity index (χ0) is 16.5. The molecule has 2 aromatic carbocycles. The summed E-state index contributed by atoms with van der Waals surface area (Å²) in [5, 5.41) is 38.5. The molecule has 0 aliphatic rings. The van der Waals surface area contributed by atoms with Crippen LogP contribution in [0.25, 0.3) is 10.8 Å². The van der Waals surface area contributed by atoms with Gasteiger partial charge in [0.1, 0.15) is 0 Å². The zero-order valence-electron chi connectivity index (χ0n) is 11.7. The molecule has 1 radical (unpaired) electrons. The first-order valence-corrected chi connectivity index (χ1v) is 6.52. The van der Waals surface area contributed by atoms with Crippen LogP contribution in [0.2, 0.25) is 0 Å². The van der Waals surface area contributed by atoms with Crippen LogP contribution >= 0.6 is 0 Å². The Bertz CT molecular complexity index is 666. The third-order valence-electron chi connectivity index (χ3n) is 3.45. The van der Waals surface area contributed by atoms with E-state index in [1.807, 2.05) is 0 Å². The standard InChI is InChI=1S/C14H14BF3O4.Eu/c16-14(17,18)13(20)7-12(19)10-5-1-4-9-8(10)3-2-6-11(9)15(21)22;/h1-6,12-13,19-22H,7H2;. The topological polar surface area (TPSA) is 80.9 Å². The molecule has 0 heterocycles. The largest absolute Gasteiger partial charge is 0.489 e. The second-order valence-electron chi connectivity index (χ2n) is 4.97. The Morgan fingerprint density at radius 3 is 2.09 bits per heavy atom. The number of halogens is 3. The van der Waals surface area contributed by atoms with Gasteiger partial charge in [-0.2, -0.15) is 13.2 Å². The van der Waals surface area contributed by atoms with E-state index in [1.165, 1.54) is 24.3 Å². The second kappa shape index (κ2) is 8.38. The van der Waals surface area contributed by atoms with Crippen molar-refractivity contribution in [2.75, 3.05) is 0 Å². The van der Waals surface area contributed by atoms with Crippen molar-refractivity contribution in [1.82, 2.24) is 0 Å². The molecule has 0 aliphatic carbocycles. The summed E-state index contributed by atoms with van der Waals surface area (Å²) in [5.74, 6) is 0. The molecule has 0 saturated carbocycles. The molecule has 0 saturated heterocycles. The molecule has 2 aromatic rings. The van der Waals surface area contributed by atoms with Crippen molar-refractivity contribution in [2.24, 2.45) is 0 Å². The molecule has 4 N–H and O–H groups in total. The number of aliphatic hydroxyl groups excluding tert-OH is 2. The van der Waals surface area contributed by atoms with Gasteiger partial charge >= 0.3 is 13.3 Å². The van der Waals surface area contributed by atoms with Crippen molar-refractivity contribution in [3.05, 3.63) is 42.0 Å². The van der Waals surface area contributed by atoms with Gasteiger partial charge in [-0.05, 0) is 21.8 Å². The predicted molar refractivity (Wildman–Crippen MR) is 75.4 cm³/mol. The SMILES string of the molecule is OB(O)c1cccc2c(C(O)CC(O)C(F)(F)F)cccc12.[Eu]. The van der Waals surface area contributed by atoms with Crippen molar-refractivity contribution in [3.63, 3.8) is 0 Å². The number of hydrogen-bond acceptors (Lipinski definition) is 4. The van der Waals surface area contributed by atoms with Gasteiger partial charge in [0.25, 0.3) is 0 Å². The van der Waals surface area contributed by atoms with E-state index in [0.717, 1.165) is 0 Å². The molecule has 0 fully saturated rings. The number of benzene rings is 2. The molecule has 125 valence electrons. The zero-order valence-corrected chi connectivity index (χ0v) is 14.1. The van der Waals surface area contributed by atoms with Crippen molar-refractivity contribution < 1.29 is 82.8 Å². The van der Waals surface area contributed by atoms with Crippen LogP contribution < -0.4 is 5.46 Å². The van der Waals surface area contributed by atoms with E-state index in [0.29, 0.717) is 10.8 Å². The van der Waals surface area contributed by atoms with Crippen LogP contribution in [0.5, 0.6) is 0 Å². The van der Waals surface area contributed by atoms with Gasteiger partial charge in [0, 0.05) is 55.8 Å². The molecule has 2 rings (SSSR count). The van der Waals surface area contributed by atoms with Crippen molar-refractivity contribution in [1.29, 1.82) is 0 Å². The second-order valence-corrected chi connectivity index (χ2v) is 4.97. The van der Waals surface area contributed by atoms with Crippen LogP contribution in [0.3, 0.4) is 0 Å². The third kappa shape index (κ3) is 4.98. The molecule has 0 spiro atoms. The predicted octanol–water partition coefficient (Wildman–Crippen LogP) is 0.866. The third-order valence-corrected chi connectivity index (χ3v) is 3.45. The average molecular weight is 466 g/mol. The summed E-state index contributed by atoms with van der Waals surface area (Å²) in [5.41, 5.74) is 0.367. The summed E-state index contributed by atoms with van der Waals surface area (Å²) in [7, 11) is -1.74. The Kier molecular flexibility index (Phi) is 7.66. The average Bonchev–Trinajstić information content (AvgIpc) is 2.44. The smallest absolute Gasteiger partial charge is 0.423 e. The minimum atomic E-state index is -4.81. The fraction of sp³-hybridized carbons (Fsp3) is 0.286. The molecular formula is C14H14BEuF3O4. The van der Waals surface area contributed by atoms with E-state index in [2.05, 4.69) is 0 Å². The van der Waals surface area contributed by atoms with Crippen LogP contribution in [0.4, 0.5) is 13.2 Å². The molecule has 23 heavy (non-hydrogen) atoms. The van der Waals surface area contributed by atoms with E-state index in [9.17, 15) is 28.3 Å². The first-order valence-electron chi connectivity index (χ1n) is 6.52. The maximum absolute atomic E-state index is 12.4. The normalized spacial score (nSPS) is 14.2. The molecule has 0 aromatic heterocycles.